The molecule has 1 aliphatic carbocycles. The van der Waals surface area contributed by atoms with Gasteiger partial charge in [0.05, 0.1) is 24.1 Å². The number of hydrogen-bond donors (Lipinski definition) is 3. The van der Waals surface area contributed by atoms with Gasteiger partial charge in [0, 0.05) is 17.3 Å². The van der Waals surface area contributed by atoms with Crippen molar-refractivity contribution in [3.8, 4) is 17.6 Å². The lowest BCUT2D eigenvalue weighted by atomic mass is 9.97. The van der Waals surface area contributed by atoms with Crippen molar-refractivity contribution >= 4 is 23.2 Å². The largest absolute Gasteiger partial charge is 0.495 e. The summed E-state index contributed by atoms with van der Waals surface area (Å²) >= 11 is 0. The Labute approximate surface area is 152 Å². The molecule has 2 aliphatic rings. The van der Waals surface area contributed by atoms with Crippen molar-refractivity contribution in [3.63, 3.8) is 0 Å². The molecule has 0 bridgehead atoms. The topological polar surface area (TPSA) is 74.4 Å². The molecule has 1 fully saturated rings. The molecule has 0 spiro atoms. The molecule has 2 aromatic rings. The van der Waals surface area contributed by atoms with E-state index in [2.05, 4.69) is 22.1 Å². The van der Waals surface area contributed by atoms with Gasteiger partial charge in [0.15, 0.2) is 0 Å². The van der Waals surface area contributed by atoms with Crippen LogP contribution in [0.2, 0.25) is 0 Å². The molecule has 5 nitrogen and oxygen atoms in total. The van der Waals surface area contributed by atoms with E-state index < -0.39 is 5.60 Å². The van der Waals surface area contributed by atoms with Crippen LogP contribution in [0, 0.1) is 11.8 Å². The number of aromatic nitrogens is 1. The van der Waals surface area contributed by atoms with Crippen LogP contribution in [0.1, 0.15) is 42.5 Å². The van der Waals surface area contributed by atoms with Crippen LogP contribution in [-0.2, 0) is 4.79 Å². The van der Waals surface area contributed by atoms with Gasteiger partial charge in [-0.3, -0.25) is 4.79 Å². The molecular weight excluding hydrogens is 328 g/mol. The van der Waals surface area contributed by atoms with E-state index >= 15 is 0 Å². The number of aliphatic hydroxyl groups is 1. The van der Waals surface area contributed by atoms with Crippen LogP contribution in [0.15, 0.2) is 30.5 Å². The lowest BCUT2D eigenvalue weighted by molar-refractivity contribution is -0.110. The van der Waals surface area contributed by atoms with E-state index in [4.69, 9.17) is 4.74 Å². The Balaban J connectivity index is 1.79. The van der Waals surface area contributed by atoms with Crippen LogP contribution < -0.4 is 10.1 Å². The molecule has 1 aromatic heterocycles. The van der Waals surface area contributed by atoms with E-state index in [-0.39, 0.29) is 5.91 Å². The molecule has 0 atom stereocenters. The number of rotatable bonds is 2. The molecular formula is C21H20N2O3. The molecule has 2 heterocycles. The van der Waals surface area contributed by atoms with Gasteiger partial charge in [0.2, 0.25) is 0 Å². The van der Waals surface area contributed by atoms with E-state index in [0.29, 0.717) is 24.2 Å². The van der Waals surface area contributed by atoms with Crippen molar-refractivity contribution < 1.29 is 14.6 Å². The highest BCUT2D eigenvalue weighted by Gasteiger charge is 2.30. The normalized spacial score (nSPS) is 19.0. The smallest absolute Gasteiger partial charge is 0.256 e. The maximum atomic E-state index is 12.5. The summed E-state index contributed by atoms with van der Waals surface area (Å²) < 4.78 is 5.31. The monoisotopic (exact) mass is 348 g/mol. The molecule has 1 aliphatic heterocycles. The zero-order chi connectivity index (χ0) is 18.1. The highest BCUT2D eigenvalue weighted by atomic mass is 16.5. The molecule has 0 unspecified atom stereocenters. The number of hydrogen-bond acceptors (Lipinski definition) is 3. The fourth-order valence-corrected chi connectivity index (χ4v) is 3.56. The van der Waals surface area contributed by atoms with E-state index in [0.717, 1.165) is 35.3 Å². The predicted octanol–water partition coefficient (Wildman–Crippen LogP) is 3.17. The first-order valence-electron chi connectivity index (χ1n) is 8.73. The fraction of sp³-hybridized carbons (Fsp3) is 0.286. The third-order valence-electron chi connectivity index (χ3n) is 4.93. The predicted molar refractivity (Wildman–Crippen MR) is 101 cm³/mol. The van der Waals surface area contributed by atoms with Gasteiger partial charge in [0.25, 0.3) is 5.91 Å². The molecule has 1 saturated carbocycles. The number of carbonyl (C=O) groups is 1. The SMILES string of the molecule is COc1cc[nH]c1C=C1C(=O)Nc2cccc(C#CC3(O)CCCC3)c21. The quantitative estimate of drug-likeness (QED) is 0.576. The van der Waals surface area contributed by atoms with Crippen LogP contribution in [0.3, 0.4) is 0 Å². The summed E-state index contributed by atoms with van der Waals surface area (Å²) in [6.45, 7) is 0. The van der Waals surface area contributed by atoms with Gasteiger partial charge in [0.1, 0.15) is 11.4 Å². The average Bonchev–Trinajstić information content (AvgIpc) is 3.34. The maximum Gasteiger partial charge on any atom is 0.256 e. The number of amides is 1. The highest BCUT2D eigenvalue weighted by molar-refractivity contribution is 6.35. The Morgan fingerprint density at radius 3 is 2.85 bits per heavy atom. The third-order valence-corrected chi connectivity index (χ3v) is 4.93. The zero-order valence-corrected chi connectivity index (χ0v) is 14.6. The molecule has 1 amide bonds. The number of carbonyl (C=O) groups excluding carboxylic acids is 1. The minimum atomic E-state index is -0.911. The summed E-state index contributed by atoms with van der Waals surface area (Å²) in [6, 6.07) is 7.40. The number of nitrogens with one attached hydrogen (secondary N) is 2. The second-order valence-electron chi connectivity index (χ2n) is 6.69. The van der Waals surface area contributed by atoms with Crippen LogP contribution in [-0.4, -0.2) is 28.7 Å². The van der Waals surface area contributed by atoms with E-state index in [1.807, 2.05) is 24.3 Å². The lowest BCUT2D eigenvalue weighted by Gasteiger charge is -2.13. The molecule has 132 valence electrons. The number of aromatic amines is 1. The summed E-state index contributed by atoms with van der Waals surface area (Å²) in [5, 5.41) is 13.4. The van der Waals surface area contributed by atoms with Gasteiger partial charge in [-0.1, -0.05) is 17.9 Å². The first-order chi connectivity index (χ1) is 12.6. The van der Waals surface area contributed by atoms with Crippen LogP contribution in [0.25, 0.3) is 11.6 Å². The van der Waals surface area contributed by atoms with Gasteiger partial charge >= 0.3 is 0 Å². The molecule has 4 rings (SSSR count). The molecule has 26 heavy (non-hydrogen) atoms. The van der Waals surface area contributed by atoms with Crippen LogP contribution in [0.5, 0.6) is 5.75 Å². The second kappa shape index (κ2) is 6.40. The fourth-order valence-electron chi connectivity index (χ4n) is 3.56. The van der Waals surface area contributed by atoms with Crippen molar-refractivity contribution in [1.29, 1.82) is 0 Å². The minimum Gasteiger partial charge on any atom is -0.495 e. The van der Waals surface area contributed by atoms with E-state index in [1.165, 1.54) is 0 Å². The Hall–Kier alpha value is -2.97. The Bertz CT molecular complexity index is 953. The van der Waals surface area contributed by atoms with Crippen LogP contribution >= 0.6 is 0 Å². The van der Waals surface area contributed by atoms with Crippen molar-refractivity contribution in [2.75, 3.05) is 12.4 Å². The van der Waals surface area contributed by atoms with Gasteiger partial charge in [-0.25, -0.2) is 0 Å². The van der Waals surface area contributed by atoms with Crippen LogP contribution in [0.4, 0.5) is 5.69 Å². The van der Waals surface area contributed by atoms with Crippen molar-refractivity contribution in [1.82, 2.24) is 4.98 Å². The number of H-pyrrole nitrogens is 1. The zero-order valence-electron chi connectivity index (χ0n) is 14.6. The van der Waals surface area contributed by atoms with Gasteiger partial charge in [-0.15, -0.1) is 0 Å². The van der Waals surface area contributed by atoms with E-state index in [9.17, 15) is 9.90 Å². The lowest BCUT2D eigenvalue weighted by Crippen LogP contribution is -2.20. The Kier molecular flexibility index (Phi) is 4.06. The molecule has 0 radical (unpaired) electrons. The number of anilines is 1. The van der Waals surface area contributed by atoms with Crippen molar-refractivity contribution in [2.24, 2.45) is 0 Å². The molecule has 5 heteroatoms. The highest BCUT2D eigenvalue weighted by Crippen LogP contribution is 2.37. The number of fused-ring (bicyclic) bond motifs is 1. The minimum absolute atomic E-state index is 0.175. The maximum absolute atomic E-state index is 12.5. The van der Waals surface area contributed by atoms with Gasteiger partial charge in [-0.05, 0) is 50.0 Å². The number of benzene rings is 1. The number of ether oxygens (including phenoxy) is 1. The summed E-state index contributed by atoms with van der Waals surface area (Å²) in [5.41, 5.74) is 2.58. The number of methoxy groups -OCH3 is 1. The van der Waals surface area contributed by atoms with Crippen molar-refractivity contribution in [2.45, 2.75) is 31.3 Å². The Morgan fingerprint density at radius 1 is 1.27 bits per heavy atom. The summed E-state index contributed by atoms with van der Waals surface area (Å²) in [6.07, 6.45) is 6.94. The molecule has 0 saturated heterocycles. The van der Waals surface area contributed by atoms with Gasteiger partial charge in [-0.2, -0.15) is 0 Å². The first-order valence-corrected chi connectivity index (χ1v) is 8.73. The molecule has 1 aromatic carbocycles. The second-order valence-corrected chi connectivity index (χ2v) is 6.69. The van der Waals surface area contributed by atoms with E-state index in [1.54, 1.807) is 19.4 Å². The molecule has 3 N–H and O–H groups in total. The van der Waals surface area contributed by atoms with Gasteiger partial charge < -0.3 is 20.1 Å². The summed E-state index contributed by atoms with van der Waals surface area (Å²) in [5.74, 6) is 6.63. The Morgan fingerprint density at radius 2 is 2.08 bits per heavy atom. The summed E-state index contributed by atoms with van der Waals surface area (Å²) in [4.78, 5) is 15.6. The average molecular weight is 348 g/mol. The standard InChI is InChI=1S/C21H20N2O3/c1-26-18-8-12-22-17(18)13-15-19-14(5-4-6-16(19)23-20(15)24)7-11-21(25)9-2-3-10-21/h4-6,8,12-13,22,25H,2-3,9-10H2,1H3,(H,23,24). The van der Waals surface area contributed by atoms with Crippen molar-refractivity contribution in [3.05, 3.63) is 47.3 Å². The first kappa shape index (κ1) is 16.5. The summed E-state index contributed by atoms with van der Waals surface area (Å²) in [7, 11) is 1.59. The third kappa shape index (κ3) is 2.89.